The molecule has 0 aromatic rings. The largest absolute Gasteiger partial charge is 0.256 e. The predicted octanol–water partition coefficient (Wildman–Crippen LogP) is 7.29. The number of hydrogen-bond donors (Lipinski definition) is 0. The van der Waals surface area contributed by atoms with Gasteiger partial charge in [-0.25, -0.2) is 9.03 Å². The van der Waals surface area contributed by atoms with Crippen LogP contribution in [0.5, 0.6) is 0 Å². The van der Waals surface area contributed by atoms with E-state index in [1.54, 1.807) is 0 Å². The summed E-state index contributed by atoms with van der Waals surface area (Å²) < 4.78 is 12.1. The zero-order valence-electron chi connectivity index (χ0n) is 6.28. The van der Waals surface area contributed by atoms with Gasteiger partial charge in [-0.15, -0.1) is 0 Å². The lowest BCUT2D eigenvalue weighted by Gasteiger charge is -2.20. The molecule has 0 aromatic heterocycles. The van der Waals surface area contributed by atoms with E-state index in [-0.39, 0.29) is 0 Å². The quantitative estimate of drug-likeness (QED) is 0.425. The Balaban J connectivity index is 3.44. The molecule has 0 spiro atoms. The van der Waals surface area contributed by atoms with Gasteiger partial charge in [-0.1, -0.05) is 6.92 Å². The van der Waals surface area contributed by atoms with Crippen molar-refractivity contribution < 1.29 is 0 Å². The minimum absolute atomic E-state index is 0.685. The Bertz CT molecular complexity index is 371. The third-order valence-electron chi connectivity index (χ3n) is 1.11. The van der Waals surface area contributed by atoms with E-state index >= 15 is 0 Å². The summed E-state index contributed by atoms with van der Waals surface area (Å²) in [7, 11) is 0. The lowest BCUT2D eigenvalue weighted by Crippen LogP contribution is -1.74. The summed E-state index contributed by atoms with van der Waals surface area (Å²) in [5.41, 5.74) is 0. The van der Waals surface area contributed by atoms with Gasteiger partial charge in [-0.05, 0) is 60.5 Å². The van der Waals surface area contributed by atoms with E-state index in [4.69, 9.17) is 45.0 Å². The van der Waals surface area contributed by atoms with Gasteiger partial charge in [0.15, 0.2) is 0 Å². The molecule has 1 atom stereocenters. The van der Waals surface area contributed by atoms with E-state index in [1.165, 1.54) is 0 Å². The van der Waals surface area contributed by atoms with E-state index in [1.807, 2.05) is 6.92 Å². The first-order valence-electron chi connectivity index (χ1n) is 3.07. The highest BCUT2D eigenvalue weighted by molar-refractivity contribution is 9.40. The maximum Gasteiger partial charge on any atom is 0.256 e. The van der Waals surface area contributed by atoms with Crippen molar-refractivity contribution in [2.24, 2.45) is 13.5 Å². The molecule has 0 saturated heterocycles. The topological polar surface area (TPSA) is 37.1 Å². The van der Waals surface area contributed by atoms with Crippen LogP contribution in [0.4, 0.5) is 0 Å². The summed E-state index contributed by atoms with van der Waals surface area (Å²) in [6.45, 7) is 1.92. The Hall–Kier alpha value is 2.33. The van der Waals surface area contributed by atoms with E-state index in [0.29, 0.717) is 6.16 Å². The predicted molar refractivity (Wildman–Crippen MR) is 70.9 cm³/mol. The molecule has 13 heavy (non-hydrogen) atoms. The molecule has 3 nitrogen and oxygen atoms in total. The van der Waals surface area contributed by atoms with Crippen LogP contribution < -0.4 is 0 Å². The number of halogens is 5. The monoisotopic (exact) mass is 383 g/mol. The van der Waals surface area contributed by atoms with Gasteiger partial charge in [0, 0.05) is 6.16 Å². The fourth-order valence-electron chi connectivity index (χ4n) is 0.639. The highest BCUT2D eigenvalue weighted by atomic mass is 79.9. The number of hydrogen-bond acceptors (Lipinski definition) is 3. The van der Waals surface area contributed by atoms with Crippen LogP contribution in [0.2, 0.25) is 0 Å². The van der Waals surface area contributed by atoms with Crippen molar-refractivity contribution in [3.05, 3.63) is 0 Å². The fourth-order valence-corrected chi connectivity index (χ4v) is 22.2. The maximum atomic E-state index is 5.86. The van der Waals surface area contributed by atoms with Crippen LogP contribution in [0.1, 0.15) is 6.92 Å². The molecule has 1 aliphatic rings. The maximum absolute atomic E-state index is 5.86. The lowest BCUT2D eigenvalue weighted by molar-refractivity contribution is 1.48. The summed E-state index contributed by atoms with van der Waals surface area (Å²) in [5, 5.41) is 0. The summed E-state index contributed by atoms with van der Waals surface area (Å²) in [5.74, 6) is -7.46. The zero-order valence-corrected chi connectivity index (χ0v) is 13.6. The van der Waals surface area contributed by atoms with Gasteiger partial charge >= 0.3 is 0 Å². The number of nitrogens with zero attached hydrogens (tertiary/aromatic N) is 3. The Kier molecular flexibility index (Phi) is 4.43. The van der Waals surface area contributed by atoms with Gasteiger partial charge in [0.2, 0.25) is 0 Å². The molecule has 0 radical (unpaired) electrons. The second kappa shape index (κ2) is 4.30. The van der Waals surface area contributed by atoms with Crippen molar-refractivity contribution in [2.45, 2.75) is 6.92 Å². The minimum atomic E-state index is -2.71. The second-order valence-electron chi connectivity index (χ2n) is 2.14. The summed E-state index contributed by atoms with van der Waals surface area (Å²) in [6, 6.07) is 0. The van der Waals surface area contributed by atoms with Crippen molar-refractivity contribution in [1.29, 1.82) is 0 Å². The third-order valence-corrected chi connectivity index (χ3v) is 16.5. The van der Waals surface area contributed by atoms with E-state index in [9.17, 15) is 0 Å². The van der Waals surface area contributed by atoms with Gasteiger partial charge in [0.25, 0.3) is 11.8 Å². The normalized spacial score (nSPS) is 35.5. The molecule has 0 saturated carbocycles. The standard InChI is InChI=1S/C2H5BrCl4N3P3/c1-2-11(3)8-12(4,5)10-13(6,7)9-11/h2H2,1H3. The van der Waals surface area contributed by atoms with Crippen LogP contribution in [0.3, 0.4) is 0 Å². The highest BCUT2D eigenvalue weighted by Gasteiger charge is 2.30. The van der Waals surface area contributed by atoms with Crippen molar-refractivity contribution in [1.82, 2.24) is 0 Å². The smallest absolute Gasteiger partial charge is 0.203 e. The molecule has 78 valence electrons. The SMILES string of the molecule is CCP1(Br)=NP(Cl)(Cl)=NP(Cl)(Cl)=N1. The molecule has 1 aliphatic heterocycles. The fraction of sp³-hybridized carbons (Fsp3) is 1.00. The van der Waals surface area contributed by atoms with Crippen molar-refractivity contribution >= 4 is 78.2 Å². The van der Waals surface area contributed by atoms with Crippen LogP contribution in [0.15, 0.2) is 13.5 Å². The molecular weight excluding hydrogens is 381 g/mol. The van der Waals surface area contributed by atoms with Gasteiger partial charge in [0.05, 0.1) is 0 Å². The molecule has 0 aliphatic carbocycles. The minimum Gasteiger partial charge on any atom is -0.203 e. The third kappa shape index (κ3) is 4.00. The molecular formula is C2H5BrCl4N3P3. The molecule has 0 aromatic carbocycles. The molecule has 0 fully saturated rings. The van der Waals surface area contributed by atoms with E-state index in [2.05, 4.69) is 29.0 Å². The molecule has 0 bridgehead atoms. The Morgan fingerprint density at radius 2 is 1.46 bits per heavy atom. The average molecular weight is 386 g/mol. The molecule has 11 heteroatoms. The summed E-state index contributed by atoms with van der Waals surface area (Å²) in [4.78, 5) is 0. The average Bonchev–Trinajstić information content (AvgIpc) is 1.79. The van der Waals surface area contributed by atoms with E-state index in [0.717, 1.165) is 0 Å². The molecule has 1 heterocycles. The van der Waals surface area contributed by atoms with Gasteiger partial charge < -0.3 is 0 Å². The Morgan fingerprint density at radius 3 is 1.85 bits per heavy atom. The van der Waals surface area contributed by atoms with Crippen molar-refractivity contribution in [3.63, 3.8) is 0 Å². The first-order valence-corrected chi connectivity index (χ1v) is 14.0. The Morgan fingerprint density at radius 1 is 1.00 bits per heavy atom. The van der Waals surface area contributed by atoms with Crippen LogP contribution >= 0.6 is 78.2 Å². The van der Waals surface area contributed by atoms with Gasteiger partial charge in [-0.2, -0.15) is 4.52 Å². The van der Waals surface area contributed by atoms with E-state index < -0.39 is 17.7 Å². The van der Waals surface area contributed by atoms with Gasteiger partial charge in [-0.3, -0.25) is 0 Å². The first kappa shape index (κ1) is 13.4. The van der Waals surface area contributed by atoms with Crippen molar-refractivity contribution in [2.75, 3.05) is 6.16 Å². The van der Waals surface area contributed by atoms with Crippen LogP contribution in [0, 0.1) is 0 Å². The van der Waals surface area contributed by atoms with Crippen LogP contribution in [-0.2, 0) is 0 Å². The molecule has 1 rings (SSSR count). The molecule has 1 unspecified atom stereocenters. The number of rotatable bonds is 1. The zero-order chi connectivity index (χ0) is 10.3. The molecule has 0 N–H and O–H groups in total. The van der Waals surface area contributed by atoms with Gasteiger partial charge in [0.1, 0.15) is 5.91 Å². The summed E-state index contributed by atoms with van der Waals surface area (Å²) in [6.07, 6.45) is 0.685. The summed E-state index contributed by atoms with van der Waals surface area (Å²) >= 11 is 26.8. The molecule has 0 amide bonds. The first-order chi connectivity index (χ1) is 5.68. The van der Waals surface area contributed by atoms with Crippen molar-refractivity contribution in [3.8, 4) is 0 Å². The Labute approximate surface area is 104 Å². The van der Waals surface area contributed by atoms with Crippen LogP contribution in [0.25, 0.3) is 0 Å². The lowest BCUT2D eigenvalue weighted by atomic mass is 11.0. The van der Waals surface area contributed by atoms with Crippen LogP contribution in [-0.4, -0.2) is 6.16 Å². The second-order valence-corrected chi connectivity index (χ2v) is 18.1. The highest BCUT2D eigenvalue weighted by Crippen LogP contribution is 2.86.